The first-order valence-corrected chi connectivity index (χ1v) is 6.63. The van der Waals surface area contributed by atoms with E-state index in [9.17, 15) is 14.7 Å². The summed E-state index contributed by atoms with van der Waals surface area (Å²) in [6.45, 7) is 6.81. The number of phenols is 1. The van der Waals surface area contributed by atoms with Crippen LogP contribution in [0.2, 0.25) is 0 Å². The number of aromatic hydroxyl groups is 1. The number of hydrogen-bond donors (Lipinski definition) is 3. The molecule has 1 unspecified atom stereocenters. The zero-order valence-electron chi connectivity index (χ0n) is 12.6. The summed E-state index contributed by atoms with van der Waals surface area (Å²) in [5, 5.41) is 21.2. The zero-order chi connectivity index (χ0) is 16.2. The highest BCUT2D eigenvalue weighted by Gasteiger charge is 2.18. The molecule has 0 saturated carbocycles. The lowest BCUT2D eigenvalue weighted by Crippen LogP contribution is -2.27. The average Bonchev–Trinajstić information content (AvgIpc) is 2.30. The van der Waals surface area contributed by atoms with E-state index in [0.29, 0.717) is 11.3 Å². The molecule has 0 bridgehead atoms. The number of anilines is 1. The third kappa shape index (κ3) is 5.72. The molecule has 0 fully saturated rings. The van der Waals surface area contributed by atoms with Crippen molar-refractivity contribution in [2.75, 3.05) is 5.32 Å². The number of aliphatic carboxylic acids is 1. The van der Waals surface area contributed by atoms with Gasteiger partial charge in [-0.25, -0.2) is 4.79 Å². The van der Waals surface area contributed by atoms with Crippen LogP contribution >= 0.6 is 0 Å². The zero-order valence-corrected chi connectivity index (χ0v) is 12.6. The monoisotopic (exact) mass is 295 g/mol. The molecule has 0 saturated heterocycles. The van der Waals surface area contributed by atoms with Crippen LogP contribution in [0.15, 0.2) is 18.2 Å². The summed E-state index contributed by atoms with van der Waals surface area (Å²) in [6.07, 6.45) is -0.434. The van der Waals surface area contributed by atoms with Crippen LogP contribution in [0.1, 0.15) is 33.3 Å². The molecule has 6 heteroatoms. The van der Waals surface area contributed by atoms with Gasteiger partial charge in [-0.3, -0.25) is 10.1 Å². The number of benzene rings is 1. The van der Waals surface area contributed by atoms with Gasteiger partial charge < -0.3 is 14.9 Å². The maximum absolute atomic E-state index is 11.7. The van der Waals surface area contributed by atoms with Gasteiger partial charge in [0.25, 0.3) is 0 Å². The number of amides is 1. The lowest BCUT2D eigenvalue weighted by atomic mass is 10.00. The highest BCUT2D eigenvalue weighted by molar-refractivity contribution is 5.85. The summed E-state index contributed by atoms with van der Waals surface area (Å²) >= 11 is 0. The molecule has 3 N–H and O–H groups in total. The Kier molecular flexibility index (Phi) is 5.18. The van der Waals surface area contributed by atoms with E-state index in [1.807, 2.05) is 0 Å². The van der Waals surface area contributed by atoms with E-state index < -0.39 is 23.6 Å². The molecule has 0 spiro atoms. The molecule has 0 aliphatic rings. The van der Waals surface area contributed by atoms with Crippen LogP contribution in [-0.4, -0.2) is 27.9 Å². The fourth-order valence-corrected chi connectivity index (χ4v) is 1.67. The normalized spacial score (nSPS) is 12.6. The Labute approximate surface area is 123 Å². The first kappa shape index (κ1) is 16.8. The summed E-state index contributed by atoms with van der Waals surface area (Å²) < 4.78 is 5.12. The minimum Gasteiger partial charge on any atom is -0.508 e. The van der Waals surface area contributed by atoms with Crippen molar-refractivity contribution in [3.05, 3.63) is 23.8 Å². The molecule has 116 valence electrons. The summed E-state index contributed by atoms with van der Waals surface area (Å²) in [5.74, 6) is -1.58. The fraction of sp³-hybridized carbons (Fsp3) is 0.467. The van der Waals surface area contributed by atoms with Gasteiger partial charge >= 0.3 is 12.1 Å². The highest BCUT2D eigenvalue weighted by Crippen LogP contribution is 2.24. The number of hydrogen-bond acceptors (Lipinski definition) is 4. The smallest absolute Gasteiger partial charge is 0.412 e. The second kappa shape index (κ2) is 6.47. The Hall–Kier alpha value is -2.24. The van der Waals surface area contributed by atoms with E-state index in [-0.39, 0.29) is 12.2 Å². The summed E-state index contributed by atoms with van der Waals surface area (Å²) in [4.78, 5) is 22.5. The van der Waals surface area contributed by atoms with E-state index >= 15 is 0 Å². The Bertz CT molecular complexity index is 533. The van der Waals surface area contributed by atoms with E-state index in [0.717, 1.165) is 0 Å². The van der Waals surface area contributed by atoms with Crippen molar-refractivity contribution in [3.8, 4) is 5.75 Å². The Morgan fingerprint density at radius 1 is 1.33 bits per heavy atom. The second-order valence-corrected chi connectivity index (χ2v) is 5.91. The molecule has 1 rings (SSSR count). The van der Waals surface area contributed by atoms with Crippen molar-refractivity contribution in [1.82, 2.24) is 0 Å². The molecule has 0 heterocycles. The molecule has 1 aromatic carbocycles. The van der Waals surface area contributed by atoms with Crippen molar-refractivity contribution in [2.24, 2.45) is 5.92 Å². The van der Waals surface area contributed by atoms with Gasteiger partial charge in [0.1, 0.15) is 11.4 Å². The Morgan fingerprint density at radius 2 is 1.95 bits per heavy atom. The maximum atomic E-state index is 11.7. The molecule has 0 radical (unpaired) electrons. The molecule has 1 aromatic rings. The van der Waals surface area contributed by atoms with Gasteiger partial charge in [-0.2, -0.15) is 0 Å². The fourth-order valence-electron chi connectivity index (χ4n) is 1.67. The standard InChI is InChI=1S/C15H21NO5/c1-9(13(18)19)7-10-8-11(5-6-12(10)17)16-14(20)21-15(2,3)4/h5-6,8-9,17H,7H2,1-4H3,(H,16,20)(H,18,19). The second-order valence-electron chi connectivity index (χ2n) is 5.91. The number of carbonyl (C=O) groups excluding carboxylic acids is 1. The number of rotatable bonds is 4. The first-order chi connectivity index (χ1) is 9.58. The Balaban J connectivity index is 2.82. The lowest BCUT2D eigenvalue weighted by molar-refractivity contribution is -0.141. The van der Waals surface area contributed by atoms with Crippen LogP contribution in [0.25, 0.3) is 0 Å². The van der Waals surface area contributed by atoms with Crippen LogP contribution in [0, 0.1) is 5.92 Å². The van der Waals surface area contributed by atoms with Gasteiger partial charge in [0.15, 0.2) is 0 Å². The topological polar surface area (TPSA) is 95.9 Å². The van der Waals surface area contributed by atoms with Gasteiger partial charge in [0, 0.05) is 5.69 Å². The highest BCUT2D eigenvalue weighted by atomic mass is 16.6. The molecule has 0 aliphatic heterocycles. The SMILES string of the molecule is CC(Cc1cc(NC(=O)OC(C)(C)C)ccc1O)C(=O)O. The number of ether oxygens (including phenoxy) is 1. The molecular weight excluding hydrogens is 274 g/mol. The van der Waals surface area contributed by atoms with Gasteiger partial charge in [0.2, 0.25) is 0 Å². The number of phenolic OH excluding ortho intramolecular Hbond substituents is 1. The van der Waals surface area contributed by atoms with Crippen LogP contribution in [-0.2, 0) is 16.0 Å². The van der Waals surface area contributed by atoms with E-state index in [1.54, 1.807) is 33.8 Å². The summed E-state index contributed by atoms with van der Waals surface area (Å²) in [6, 6.07) is 4.48. The number of nitrogens with one attached hydrogen (secondary N) is 1. The third-order valence-corrected chi connectivity index (χ3v) is 2.67. The van der Waals surface area contributed by atoms with Crippen LogP contribution < -0.4 is 5.32 Å². The van der Waals surface area contributed by atoms with Gasteiger partial charge in [-0.05, 0) is 51.0 Å². The van der Waals surface area contributed by atoms with Crippen molar-refractivity contribution in [2.45, 2.75) is 39.7 Å². The third-order valence-electron chi connectivity index (χ3n) is 2.67. The molecular formula is C15H21NO5. The Morgan fingerprint density at radius 3 is 2.48 bits per heavy atom. The molecule has 1 atom stereocenters. The van der Waals surface area contributed by atoms with Crippen molar-refractivity contribution >= 4 is 17.7 Å². The maximum Gasteiger partial charge on any atom is 0.412 e. The quantitative estimate of drug-likeness (QED) is 0.742. The predicted molar refractivity (Wildman–Crippen MR) is 78.5 cm³/mol. The molecule has 0 aromatic heterocycles. The first-order valence-electron chi connectivity index (χ1n) is 6.63. The molecule has 21 heavy (non-hydrogen) atoms. The van der Waals surface area contributed by atoms with Crippen LogP contribution in [0.5, 0.6) is 5.75 Å². The number of carboxylic acids is 1. The molecule has 6 nitrogen and oxygen atoms in total. The van der Waals surface area contributed by atoms with E-state index in [1.165, 1.54) is 12.1 Å². The minimum atomic E-state index is -0.945. The lowest BCUT2D eigenvalue weighted by Gasteiger charge is -2.20. The van der Waals surface area contributed by atoms with Crippen molar-refractivity contribution in [3.63, 3.8) is 0 Å². The van der Waals surface area contributed by atoms with Gasteiger partial charge in [-0.15, -0.1) is 0 Å². The van der Waals surface area contributed by atoms with Gasteiger partial charge in [-0.1, -0.05) is 6.92 Å². The van der Waals surface area contributed by atoms with Gasteiger partial charge in [0.05, 0.1) is 5.92 Å². The van der Waals surface area contributed by atoms with Crippen LogP contribution in [0.4, 0.5) is 10.5 Å². The van der Waals surface area contributed by atoms with Crippen LogP contribution in [0.3, 0.4) is 0 Å². The average molecular weight is 295 g/mol. The summed E-state index contributed by atoms with van der Waals surface area (Å²) in [5.41, 5.74) is 0.287. The molecule has 1 amide bonds. The van der Waals surface area contributed by atoms with Crippen molar-refractivity contribution in [1.29, 1.82) is 0 Å². The van der Waals surface area contributed by atoms with E-state index in [4.69, 9.17) is 9.84 Å². The van der Waals surface area contributed by atoms with E-state index in [2.05, 4.69) is 5.32 Å². The van der Waals surface area contributed by atoms with Crippen molar-refractivity contribution < 1.29 is 24.5 Å². The number of carboxylic acid groups (broad SMARTS) is 1. The largest absolute Gasteiger partial charge is 0.508 e. The minimum absolute atomic E-state index is 0.00200. The predicted octanol–water partition coefficient (Wildman–Crippen LogP) is 3.00. The summed E-state index contributed by atoms with van der Waals surface area (Å²) in [7, 11) is 0. The number of carbonyl (C=O) groups is 2. The molecule has 0 aliphatic carbocycles.